The summed E-state index contributed by atoms with van der Waals surface area (Å²) in [4.78, 5) is 24.1. The molecule has 1 amide bonds. The third-order valence-electron chi connectivity index (χ3n) is 2.60. The zero-order valence-electron chi connectivity index (χ0n) is 10.3. The summed E-state index contributed by atoms with van der Waals surface area (Å²) in [6.45, 7) is 0. The van der Waals surface area contributed by atoms with Crippen molar-refractivity contribution in [1.29, 1.82) is 0 Å². The topological polar surface area (TPSA) is 86.2 Å². The SMILES string of the molecule is NC(=O)c1cn2ccc(Sc3cnc(Cl)cn3)c(Cl)c2n1. The van der Waals surface area contributed by atoms with E-state index in [0.29, 0.717) is 20.8 Å². The van der Waals surface area contributed by atoms with Crippen LogP contribution in [0.5, 0.6) is 0 Å². The molecule has 3 aromatic rings. The molecule has 106 valence electrons. The highest BCUT2D eigenvalue weighted by molar-refractivity contribution is 7.99. The fourth-order valence-electron chi connectivity index (χ4n) is 1.66. The molecule has 0 spiro atoms. The fraction of sp³-hybridized carbons (Fsp3) is 0. The number of fused-ring (bicyclic) bond motifs is 1. The summed E-state index contributed by atoms with van der Waals surface area (Å²) < 4.78 is 1.64. The Labute approximate surface area is 133 Å². The maximum atomic E-state index is 11.2. The van der Waals surface area contributed by atoms with Crippen LogP contribution in [0.2, 0.25) is 10.2 Å². The zero-order chi connectivity index (χ0) is 15.0. The maximum absolute atomic E-state index is 11.2. The number of halogens is 2. The molecule has 21 heavy (non-hydrogen) atoms. The van der Waals surface area contributed by atoms with Gasteiger partial charge in [-0.15, -0.1) is 0 Å². The van der Waals surface area contributed by atoms with Gasteiger partial charge in [0.1, 0.15) is 15.9 Å². The van der Waals surface area contributed by atoms with E-state index >= 15 is 0 Å². The molecule has 3 rings (SSSR count). The first kappa shape index (κ1) is 14.1. The molecule has 0 aromatic carbocycles. The molecule has 0 radical (unpaired) electrons. The molecule has 0 unspecified atom stereocenters. The third-order valence-corrected chi connectivity index (χ3v) is 4.26. The van der Waals surface area contributed by atoms with Gasteiger partial charge < -0.3 is 10.1 Å². The van der Waals surface area contributed by atoms with Gasteiger partial charge in [-0.3, -0.25) is 4.79 Å². The third kappa shape index (κ3) is 2.80. The molecule has 2 N–H and O–H groups in total. The predicted molar refractivity (Wildman–Crippen MR) is 79.9 cm³/mol. The van der Waals surface area contributed by atoms with Crippen molar-refractivity contribution in [3.05, 3.63) is 46.7 Å². The summed E-state index contributed by atoms with van der Waals surface area (Å²) in [5.74, 6) is -0.604. The summed E-state index contributed by atoms with van der Waals surface area (Å²) in [7, 11) is 0. The molecular formula is C12H7Cl2N5OS. The Kier molecular flexibility index (Phi) is 3.71. The Morgan fingerprint density at radius 2 is 2.10 bits per heavy atom. The number of carbonyl (C=O) groups excluding carboxylic acids is 1. The van der Waals surface area contributed by atoms with Crippen molar-refractivity contribution in [3.63, 3.8) is 0 Å². The minimum Gasteiger partial charge on any atom is -0.364 e. The van der Waals surface area contributed by atoms with Crippen molar-refractivity contribution < 1.29 is 4.79 Å². The number of imidazole rings is 1. The first-order valence-electron chi connectivity index (χ1n) is 5.67. The van der Waals surface area contributed by atoms with Crippen LogP contribution >= 0.6 is 35.0 Å². The van der Waals surface area contributed by atoms with Crippen LogP contribution in [0, 0.1) is 0 Å². The van der Waals surface area contributed by atoms with Gasteiger partial charge in [-0.05, 0) is 6.07 Å². The molecule has 0 aliphatic heterocycles. The van der Waals surface area contributed by atoms with E-state index in [1.165, 1.54) is 24.2 Å². The highest BCUT2D eigenvalue weighted by Crippen LogP contribution is 2.34. The number of amides is 1. The second-order valence-electron chi connectivity index (χ2n) is 3.99. The number of hydrogen-bond donors (Lipinski definition) is 1. The minimum atomic E-state index is -0.604. The van der Waals surface area contributed by atoms with E-state index in [9.17, 15) is 4.79 Å². The van der Waals surface area contributed by atoms with Gasteiger partial charge in [-0.25, -0.2) is 15.0 Å². The molecule has 0 aliphatic rings. The Balaban J connectivity index is 2.01. The van der Waals surface area contributed by atoms with Crippen molar-refractivity contribution in [3.8, 4) is 0 Å². The van der Waals surface area contributed by atoms with Crippen LogP contribution in [0.1, 0.15) is 10.5 Å². The van der Waals surface area contributed by atoms with E-state index in [2.05, 4.69) is 15.0 Å². The van der Waals surface area contributed by atoms with E-state index in [4.69, 9.17) is 28.9 Å². The van der Waals surface area contributed by atoms with Crippen molar-refractivity contribution in [2.24, 2.45) is 5.73 Å². The fourth-order valence-corrected chi connectivity index (χ4v) is 2.83. The van der Waals surface area contributed by atoms with Crippen LogP contribution in [-0.2, 0) is 0 Å². The molecule has 0 atom stereocenters. The van der Waals surface area contributed by atoms with Crippen LogP contribution in [-0.4, -0.2) is 25.3 Å². The van der Waals surface area contributed by atoms with Crippen molar-refractivity contribution >= 4 is 46.5 Å². The van der Waals surface area contributed by atoms with Crippen molar-refractivity contribution in [1.82, 2.24) is 19.4 Å². The zero-order valence-corrected chi connectivity index (χ0v) is 12.7. The summed E-state index contributed by atoms with van der Waals surface area (Å²) in [5.41, 5.74) is 5.82. The average Bonchev–Trinajstić information content (AvgIpc) is 2.89. The van der Waals surface area contributed by atoms with Gasteiger partial charge in [0.2, 0.25) is 0 Å². The summed E-state index contributed by atoms with van der Waals surface area (Å²) in [5, 5.41) is 1.37. The van der Waals surface area contributed by atoms with E-state index in [0.717, 1.165) is 4.90 Å². The van der Waals surface area contributed by atoms with Crippen LogP contribution in [0.15, 0.2) is 40.8 Å². The van der Waals surface area contributed by atoms with Crippen molar-refractivity contribution in [2.75, 3.05) is 0 Å². The summed E-state index contributed by atoms with van der Waals surface area (Å²) >= 11 is 13.3. The number of primary amides is 1. The monoisotopic (exact) mass is 339 g/mol. The molecule has 0 fully saturated rings. The number of hydrogen-bond acceptors (Lipinski definition) is 5. The molecular weight excluding hydrogens is 333 g/mol. The van der Waals surface area contributed by atoms with Crippen LogP contribution in [0.4, 0.5) is 0 Å². The normalized spacial score (nSPS) is 11.0. The smallest absolute Gasteiger partial charge is 0.268 e. The van der Waals surface area contributed by atoms with Gasteiger partial charge in [-0.1, -0.05) is 35.0 Å². The Bertz CT molecular complexity index is 834. The first-order chi connectivity index (χ1) is 10.0. The Hall–Kier alpha value is -1.83. The van der Waals surface area contributed by atoms with Crippen LogP contribution < -0.4 is 5.73 Å². The molecule has 3 heterocycles. The standard InChI is InChI=1S/C12H7Cl2N5OS/c13-8-3-17-9(4-16-8)21-7-1-2-19-5-6(11(15)20)18-12(19)10(7)14/h1-5H,(H2,15,20). The molecule has 3 aromatic heterocycles. The lowest BCUT2D eigenvalue weighted by atomic mass is 10.5. The number of rotatable bonds is 3. The van der Waals surface area contributed by atoms with E-state index in [-0.39, 0.29) is 5.69 Å². The highest BCUT2D eigenvalue weighted by Gasteiger charge is 2.13. The van der Waals surface area contributed by atoms with Gasteiger partial charge in [-0.2, -0.15) is 0 Å². The Morgan fingerprint density at radius 3 is 2.76 bits per heavy atom. The van der Waals surface area contributed by atoms with Gasteiger partial charge >= 0.3 is 0 Å². The molecule has 6 nitrogen and oxygen atoms in total. The van der Waals surface area contributed by atoms with Crippen LogP contribution in [0.25, 0.3) is 5.65 Å². The van der Waals surface area contributed by atoms with Gasteiger partial charge in [0.05, 0.1) is 17.4 Å². The lowest BCUT2D eigenvalue weighted by Crippen LogP contribution is -2.10. The average molecular weight is 340 g/mol. The largest absolute Gasteiger partial charge is 0.364 e. The summed E-state index contributed by atoms with van der Waals surface area (Å²) in [6.07, 6.45) is 6.28. The minimum absolute atomic E-state index is 0.158. The quantitative estimate of drug-likeness (QED) is 0.792. The number of pyridine rings is 1. The van der Waals surface area contributed by atoms with Gasteiger partial charge in [0, 0.05) is 17.3 Å². The van der Waals surface area contributed by atoms with Gasteiger partial charge in [0.25, 0.3) is 5.91 Å². The number of nitrogens with two attached hydrogens (primary N) is 1. The molecule has 0 bridgehead atoms. The van der Waals surface area contributed by atoms with E-state index < -0.39 is 5.91 Å². The van der Waals surface area contributed by atoms with Gasteiger partial charge in [0.15, 0.2) is 5.65 Å². The number of aromatic nitrogens is 4. The second-order valence-corrected chi connectivity index (χ2v) is 5.82. The molecule has 0 saturated carbocycles. The summed E-state index contributed by atoms with van der Waals surface area (Å²) in [6, 6.07) is 1.79. The second kappa shape index (κ2) is 5.51. The predicted octanol–water partition coefficient (Wildman–Crippen LogP) is 2.68. The Morgan fingerprint density at radius 1 is 1.29 bits per heavy atom. The molecule has 0 aliphatic carbocycles. The lowest BCUT2D eigenvalue weighted by molar-refractivity contribution is 0.0996. The maximum Gasteiger partial charge on any atom is 0.268 e. The van der Waals surface area contributed by atoms with Crippen LogP contribution in [0.3, 0.4) is 0 Å². The molecule has 9 heteroatoms. The van der Waals surface area contributed by atoms with E-state index in [1.807, 2.05) is 0 Å². The lowest BCUT2D eigenvalue weighted by Gasteiger charge is -2.04. The van der Waals surface area contributed by atoms with Crippen molar-refractivity contribution in [2.45, 2.75) is 9.92 Å². The number of nitrogens with zero attached hydrogens (tertiary/aromatic N) is 4. The molecule has 0 saturated heterocycles. The number of carbonyl (C=O) groups is 1. The first-order valence-corrected chi connectivity index (χ1v) is 7.24. The highest BCUT2D eigenvalue weighted by atomic mass is 35.5. The van der Waals surface area contributed by atoms with E-state index in [1.54, 1.807) is 22.9 Å².